The maximum atomic E-state index is 13.3. The van der Waals surface area contributed by atoms with Crippen molar-refractivity contribution in [2.24, 2.45) is 0 Å². The number of benzene rings is 2. The van der Waals surface area contributed by atoms with Crippen LogP contribution in [0.5, 0.6) is 0 Å². The molecule has 31 heavy (non-hydrogen) atoms. The molecule has 158 valence electrons. The smallest absolute Gasteiger partial charge is 0.294 e. The first-order chi connectivity index (χ1) is 15.1. The molecule has 1 aliphatic heterocycles. The van der Waals surface area contributed by atoms with E-state index in [1.165, 1.54) is 0 Å². The summed E-state index contributed by atoms with van der Waals surface area (Å²) in [5.41, 5.74) is 2.74. The number of amides is 2. The van der Waals surface area contributed by atoms with Gasteiger partial charge >= 0.3 is 0 Å². The molecule has 2 heterocycles. The topological polar surface area (TPSA) is 80.1 Å². The number of anilines is 1. The number of para-hydroxylation sites is 1. The minimum Gasteiger partial charge on any atom is -0.324 e. The van der Waals surface area contributed by atoms with E-state index in [4.69, 9.17) is 0 Å². The lowest BCUT2D eigenvalue weighted by molar-refractivity contribution is -0.119. The van der Waals surface area contributed by atoms with E-state index in [2.05, 4.69) is 15.4 Å². The molecule has 1 saturated heterocycles. The number of nitrogens with one attached hydrogen (secondary N) is 1. The zero-order valence-corrected chi connectivity index (χ0v) is 18.0. The predicted octanol–water partition coefficient (Wildman–Crippen LogP) is 3.61. The Balaban J connectivity index is 1.38. The summed E-state index contributed by atoms with van der Waals surface area (Å²) < 4.78 is 1.77. The Hall–Kier alpha value is -3.13. The molecule has 1 aliphatic carbocycles. The summed E-state index contributed by atoms with van der Waals surface area (Å²) in [5.74, 6) is 1.82. The largest absolute Gasteiger partial charge is 0.324 e. The number of hydrogen-bond donors (Lipinski definition) is 1. The molecule has 1 atom stereocenters. The average molecular weight is 434 g/mol. The van der Waals surface area contributed by atoms with E-state index < -0.39 is 6.04 Å². The number of aryl methyl sites for hydroxylation is 1. The summed E-state index contributed by atoms with van der Waals surface area (Å²) in [6.45, 7) is 2.00. The predicted molar refractivity (Wildman–Crippen MR) is 120 cm³/mol. The van der Waals surface area contributed by atoms with Gasteiger partial charge in [-0.15, -0.1) is 16.9 Å². The molecule has 1 aromatic heterocycles. The number of carbonyl (C=O) groups is 2. The van der Waals surface area contributed by atoms with Gasteiger partial charge < -0.3 is 10.2 Å². The molecule has 1 N–H and O–H groups in total. The highest BCUT2D eigenvalue weighted by molar-refractivity contribution is 7.99. The third kappa shape index (κ3) is 4.07. The first kappa shape index (κ1) is 19.8. The van der Waals surface area contributed by atoms with Crippen LogP contribution in [0.2, 0.25) is 0 Å². The molecule has 2 aromatic carbocycles. The van der Waals surface area contributed by atoms with Crippen LogP contribution in [0.25, 0.3) is 5.69 Å². The Kier molecular flexibility index (Phi) is 5.23. The molecule has 2 amide bonds. The maximum Gasteiger partial charge on any atom is 0.294 e. The van der Waals surface area contributed by atoms with E-state index in [1.54, 1.807) is 21.3 Å². The van der Waals surface area contributed by atoms with Crippen molar-refractivity contribution in [1.82, 2.24) is 19.7 Å². The summed E-state index contributed by atoms with van der Waals surface area (Å²) in [5, 5.41) is 7.47. The van der Waals surface area contributed by atoms with Crippen molar-refractivity contribution >= 4 is 29.3 Å². The van der Waals surface area contributed by atoms with Gasteiger partial charge in [-0.05, 0) is 44.0 Å². The Morgan fingerprint density at radius 1 is 1.06 bits per heavy atom. The fourth-order valence-corrected chi connectivity index (χ4v) is 4.78. The Bertz CT molecular complexity index is 1110. The second-order valence-electron chi connectivity index (χ2n) is 7.96. The first-order valence-corrected chi connectivity index (χ1v) is 11.5. The number of carbonyl (C=O) groups excluding carboxylic acids is 2. The Morgan fingerprint density at radius 3 is 2.52 bits per heavy atom. The number of hydrogen-bond acceptors (Lipinski definition) is 5. The molecule has 8 heteroatoms. The SMILES string of the molecule is Cc1ccc(NC(=O)C2CSCN2C(=O)c2nc(C3CC3)n(-c3ccccc3)n2)cc1. The molecule has 0 radical (unpaired) electrons. The molecule has 2 aliphatic rings. The molecule has 2 fully saturated rings. The van der Waals surface area contributed by atoms with Crippen LogP contribution in [0.1, 0.15) is 40.8 Å². The maximum absolute atomic E-state index is 13.3. The molecule has 7 nitrogen and oxygen atoms in total. The lowest BCUT2D eigenvalue weighted by Crippen LogP contribution is -2.44. The van der Waals surface area contributed by atoms with Crippen LogP contribution in [0, 0.1) is 6.92 Å². The molecule has 1 unspecified atom stereocenters. The standard InChI is InChI=1S/C23H23N5O2S/c1-15-7-11-17(12-8-15)24-22(29)19-13-31-14-27(19)23(30)20-25-21(16-9-10-16)28(26-20)18-5-3-2-4-6-18/h2-8,11-12,16,19H,9-10,13-14H2,1H3,(H,24,29). The number of aromatic nitrogens is 3. The molecule has 0 bridgehead atoms. The van der Waals surface area contributed by atoms with Crippen LogP contribution in [0.15, 0.2) is 54.6 Å². The van der Waals surface area contributed by atoms with Gasteiger partial charge in [-0.1, -0.05) is 35.9 Å². The highest BCUT2D eigenvalue weighted by Gasteiger charge is 2.38. The molecular weight excluding hydrogens is 410 g/mol. The summed E-state index contributed by atoms with van der Waals surface area (Å²) in [4.78, 5) is 32.4. The quantitative estimate of drug-likeness (QED) is 0.665. The van der Waals surface area contributed by atoms with Gasteiger partial charge in [0.15, 0.2) is 0 Å². The zero-order chi connectivity index (χ0) is 21.4. The third-order valence-corrected chi connectivity index (χ3v) is 6.54. The number of nitrogens with zero attached hydrogens (tertiary/aromatic N) is 4. The highest BCUT2D eigenvalue weighted by Crippen LogP contribution is 2.40. The van der Waals surface area contributed by atoms with Crippen LogP contribution >= 0.6 is 11.8 Å². The minimum atomic E-state index is -0.549. The fraction of sp³-hybridized carbons (Fsp3) is 0.304. The van der Waals surface area contributed by atoms with Gasteiger partial charge in [-0.2, -0.15) is 0 Å². The molecule has 1 saturated carbocycles. The van der Waals surface area contributed by atoms with Crippen LogP contribution in [0.4, 0.5) is 5.69 Å². The van der Waals surface area contributed by atoms with Gasteiger partial charge in [0.05, 0.1) is 11.6 Å². The van der Waals surface area contributed by atoms with Gasteiger partial charge in [0.25, 0.3) is 5.91 Å². The van der Waals surface area contributed by atoms with E-state index >= 15 is 0 Å². The van der Waals surface area contributed by atoms with Crippen molar-refractivity contribution in [3.63, 3.8) is 0 Å². The second-order valence-corrected chi connectivity index (χ2v) is 8.96. The second kappa shape index (κ2) is 8.19. The van der Waals surface area contributed by atoms with Crippen molar-refractivity contribution in [1.29, 1.82) is 0 Å². The van der Waals surface area contributed by atoms with Crippen molar-refractivity contribution in [3.8, 4) is 5.69 Å². The number of thioether (sulfide) groups is 1. The molecular formula is C23H23N5O2S. The van der Waals surface area contributed by atoms with Gasteiger partial charge in [-0.3, -0.25) is 9.59 Å². The van der Waals surface area contributed by atoms with Crippen LogP contribution in [-0.4, -0.2) is 49.2 Å². The van der Waals surface area contributed by atoms with E-state index in [0.717, 1.165) is 35.6 Å². The third-order valence-electron chi connectivity index (χ3n) is 5.53. The summed E-state index contributed by atoms with van der Waals surface area (Å²) >= 11 is 1.56. The minimum absolute atomic E-state index is 0.154. The van der Waals surface area contributed by atoms with Crippen molar-refractivity contribution in [2.45, 2.75) is 31.7 Å². The normalized spacial score (nSPS) is 18.2. The van der Waals surface area contributed by atoms with Crippen LogP contribution in [-0.2, 0) is 4.79 Å². The molecule has 5 rings (SSSR count). The fourth-order valence-electron chi connectivity index (χ4n) is 3.63. The summed E-state index contributed by atoms with van der Waals surface area (Å²) in [6.07, 6.45) is 2.11. The van der Waals surface area contributed by atoms with E-state index in [0.29, 0.717) is 17.5 Å². The monoisotopic (exact) mass is 433 g/mol. The summed E-state index contributed by atoms with van der Waals surface area (Å²) in [7, 11) is 0. The van der Waals surface area contributed by atoms with Crippen molar-refractivity contribution in [2.75, 3.05) is 16.9 Å². The van der Waals surface area contributed by atoms with Gasteiger partial charge in [0.2, 0.25) is 11.7 Å². The lowest BCUT2D eigenvalue weighted by Gasteiger charge is -2.21. The van der Waals surface area contributed by atoms with Crippen molar-refractivity contribution in [3.05, 3.63) is 71.8 Å². The highest BCUT2D eigenvalue weighted by atomic mass is 32.2. The van der Waals surface area contributed by atoms with E-state index in [-0.39, 0.29) is 17.6 Å². The van der Waals surface area contributed by atoms with Crippen LogP contribution < -0.4 is 5.32 Å². The number of rotatable bonds is 5. The van der Waals surface area contributed by atoms with Gasteiger partial charge in [0.1, 0.15) is 11.9 Å². The van der Waals surface area contributed by atoms with E-state index in [9.17, 15) is 9.59 Å². The van der Waals surface area contributed by atoms with E-state index in [1.807, 2.05) is 61.5 Å². The summed E-state index contributed by atoms with van der Waals surface area (Å²) in [6, 6.07) is 16.8. The molecule has 0 spiro atoms. The average Bonchev–Trinajstić information content (AvgIpc) is 3.34. The molecule has 3 aromatic rings. The van der Waals surface area contributed by atoms with Gasteiger partial charge in [0, 0.05) is 17.4 Å². The Labute approximate surface area is 184 Å². The lowest BCUT2D eigenvalue weighted by atomic mass is 10.2. The van der Waals surface area contributed by atoms with Crippen LogP contribution in [0.3, 0.4) is 0 Å². The Morgan fingerprint density at radius 2 is 1.81 bits per heavy atom. The van der Waals surface area contributed by atoms with Crippen molar-refractivity contribution < 1.29 is 9.59 Å². The van der Waals surface area contributed by atoms with Gasteiger partial charge in [-0.25, -0.2) is 9.67 Å². The first-order valence-electron chi connectivity index (χ1n) is 10.4. The zero-order valence-electron chi connectivity index (χ0n) is 17.2.